The van der Waals surface area contributed by atoms with Crippen LogP contribution in [0.1, 0.15) is 34.6 Å². The van der Waals surface area contributed by atoms with E-state index in [0.29, 0.717) is 0 Å². The molecule has 0 bridgehead atoms. The molecular formula is C13H13N3O4S. The number of carbonyl (C=O) groups is 1. The van der Waals surface area contributed by atoms with Crippen LogP contribution < -0.4 is 5.32 Å². The van der Waals surface area contributed by atoms with Crippen molar-refractivity contribution < 1.29 is 14.8 Å². The third-order valence-electron chi connectivity index (χ3n) is 2.92. The van der Waals surface area contributed by atoms with Crippen molar-refractivity contribution in [3.05, 3.63) is 50.3 Å². The quantitative estimate of drug-likeness (QED) is 0.626. The van der Waals surface area contributed by atoms with Crippen molar-refractivity contribution >= 4 is 28.8 Å². The zero-order valence-electron chi connectivity index (χ0n) is 11.1. The van der Waals surface area contributed by atoms with Gasteiger partial charge in [-0.1, -0.05) is 13.0 Å². The number of nitrogens with zero attached hydrogens (tertiary/aromatic N) is 2. The summed E-state index contributed by atoms with van der Waals surface area (Å²) in [6, 6.07) is 4.78. The van der Waals surface area contributed by atoms with Gasteiger partial charge >= 0.3 is 5.97 Å². The van der Waals surface area contributed by atoms with Gasteiger partial charge < -0.3 is 10.4 Å². The number of aromatic carboxylic acids is 1. The zero-order valence-corrected chi connectivity index (χ0v) is 12.0. The fourth-order valence-corrected chi connectivity index (χ4v) is 2.72. The molecule has 1 unspecified atom stereocenters. The van der Waals surface area contributed by atoms with Crippen LogP contribution in [0.15, 0.2) is 29.8 Å². The molecule has 2 N–H and O–H groups in total. The second-order valence-corrected chi connectivity index (χ2v) is 5.25. The van der Waals surface area contributed by atoms with E-state index in [9.17, 15) is 20.0 Å². The van der Waals surface area contributed by atoms with E-state index in [1.807, 2.05) is 24.4 Å². The summed E-state index contributed by atoms with van der Waals surface area (Å²) in [6.45, 7) is 1.96. The molecule has 110 valence electrons. The Balaban J connectivity index is 2.34. The monoisotopic (exact) mass is 307 g/mol. The second kappa shape index (κ2) is 6.31. The molecule has 0 amide bonds. The van der Waals surface area contributed by atoms with Crippen LogP contribution in [-0.4, -0.2) is 21.0 Å². The summed E-state index contributed by atoms with van der Waals surface area (Å²) in [5.74, 6) is -1.12. The Labute approximate surface area is 124 Å². The largest absolute Gasteiger partial charge is 0.478 e. The van der Waals surface area contributed by atoms with E-state index in [-0.39, 0.29) is 23.1 Å². The Morgan fingerprint density at radius 1 is 1.62 bits per heavy atom. The minimum Gasteiger partial charge on any atom is -0.478 e. The van der Waals surface area contributed by atoms with E-state index in [4.69, 9.17) is 0 Å². The van der Waals surface area contributed by atoms with Crippen molar-refractivity contribution in [1.82, 2.24) is 4.98 Å². The maximum Gasteiger partial charge on any atom is 0.339 e. The van der Waals surface area contributed by atoms with Crippen molar-refractivity contribution in [3.63, 3.8) is 0 Å². The number of carboxylic acid groups (broad SMARTS) is 1. The molecule has 0 saturated carbocycles. The normalized spacial score (nSPS) is 11.9. The molecule has 7 nitrogen and oxygen atoms in total. The second-order valence-electron chi connectivity index (χ2n) is 4.27. The number of aromatic nitrogens is 1. The molecule has 2 rings (SSSR count). The van der Waals surface area contributed by atoms with Gasteiger partial charge in [0, 0.05) is 10.9 Å². The standard InChI is InChI=1S/C13H13N3O4S/c1-2-10(11-4-3-5-21-11)15-12-9(13(17)18)6-8(7-14-12)16(19)20/h3-7,10H,2H2,1H3,(H,14,15)(H,17,18). The summed E-state index contributed by atoms with van der Waals surface area (Å²) in [5, 5.41) is 24.9. The van der Waals surface area contributed by atoms with Crippen molar-refractivity contribution in [2.45, 2.75) is 19.4 Å². The summed E-state index contributed by atoms with van der Waals surface area (Å²) in [4.78, 5) is 26.2. The molecular weight excluding hydrogens is 294 g/mol. The summed E-state index contributed by atoms with van der Waals surface area (Å²) in [5.41, 5.74) is -0.554. The highest BCUT2D eigenvalue weighted by atomic mass is 32.1. The molecule has 8 heteroatoms. The van der Waals surface area contributed by atoms with Crippen LogP contribution in [0.5, 0.6) is 0 Å². The number of thiophene rings is 1. The number of anilines is 1. The predicted octanol–water partition coefficient (Wildman–Crippen LogP) is 3.31. The first-order valence-corrected chi connectivity index (χ1v) is 7.08. The zero-order chi connectivity index (χ0) is 15.4. The molecule has 0 spiro atoms. The fourth-order valence-electron chi connectivity index (χ4n) is 1.86. The van der Waals surface area contributed by atoms with Crippen LogP contribution in [0.2, 0.25) is 0 Å². The Bertz CT molecular complexity index is 657. The third kappa shape index (κ3) is 3.34. The molecule has 21 heavy (non-hydrogen) atoms. The number of pyridine rings is 1. The predicted molar refractivity (Wildman–Crippen MR) is 78.8 cm³/mol. The van der Waals surface area contributed by atoms with Gasteiger partial charge in [-0.3, -0.25) is 10.1 Å². The van der Waals surface area contributed by atoms with Crippen molar-refractivity contribution in [3.8, 4) is 0 Å². The lowest BCUT2D eigenvalue weighted by Crippen LogP contribution is -2.13. The minimum atomic E-state index is -1.25. The molecule has 2 aromatic rings. The van der Waals surface area contributed by atoms with Crippen molar-refractivity contribution in [2.75, 3.05) is 5.32 Å². The molecule has 0 aliphatic heterocycles. The van der Waals surface area contributed by atoms with E-state index in [1.54, 1.807) is 11.3 Å². The van der Waals surface area contributed by atoms with Crippen LogP contribution in [0.4, 0.5) is 11.5 Å². The molecule has 0 aromatic carbocycles. The number of rotatable bonds is 6. The first kappa shape index (κ1) is 14.9. The smallest absolute Gasteiger partial charge is 0.339 e. The Morgan fingerprint density at radius 2 is 2.38 bits per heavy atom. The van der Waals surface area contributed by atoms with Gasteiger partial charge in [0.25, 0.3) is 5.69 Å². The van der Waals surface area contributed by atoms with Crippen LogP contribution in [0.25, 0.3) is 0 Å². The summed E-state index contributed by atoms with van der Waals surface area (Å²) in [6.07, 6.45) is 1.79. The van der Waals surface area contributed by atoms with Crippen molar-refractivity contribution in [1.29, 1.82) is 0 Å². The molecule has 2 heterocycles. The van der Waals surface area contributed by atoms with Crippen LogP contribution in [0.3, 0.4) is 0 Å². The van der Waals surface area contributed by atoms with E-state index in [1.165, 1.54) is 0 Å². The van der Waals surface area contributed by atoms with Crippen LogP contribution in [-0.2, 0) is 0 Å². The van der Waals surface area contributed by atoms with E-state index in [0.717, 1.165) is 23.6 Å². The molecule has 2 aromatic heterocycles. The summed E-state index contributed by atoms with van der Waals surface area (Å²) in [7, 11) is 0. The van der Waals surface area contributed by atoms with Gasteiger partial charge in [-0.2, -0.15) is 0 Å². The van der Waals surface area contributed by atoms with Crippen molar-refractivity contribution in [2.24, 2.45) is 0 Å². The highest BCUT2D eigenvalue weighted by molar-refractivity contribution is 7.10. The first-order valence-electron chi connectivity index (χ1n) is 6.20. The average molecular weight is 307 g/mol. The molecule has 0 aliphatic carbocycles. The molecule has 0 aliphatic rings. The van der Waals surface area contributed by atoms with E-state index in [2.05, 4.69) is 10.3 Å². The van der Waals surface area contributed by atoms with Gasteiger partial charge in [0.1, 0.15) is 17.6 Å². The van der Waals surface area contributed by atoms with Gasteiger partial charge in [0.2, 0.25) is 0 Å². The average Bonchev–Trinajstić information content (AvgIpc) is 2.98. The lowest BCUT2D eigenvalue weighted by Gasteiger charge is -2.17. The van der Waals surface area contributed by atoms with Gasteiger partial charge in [-0.05, 0) is 17.9 Å². The number of carboxylic acids is 1. The number of nitro groups is 1. The maximum absolute atomic E-state index is 11.3. The summed E-state index contributed by atoms with van der Waals surface area (Å²) < 4.78 is 0. The molecule has 0 fully saturated rings. The molecule has 0 saturated heterocycles. The number of nitrogens with one attached hydrogen (secondary N) is 1. The lowest BCUT2D eigenvalue weighted by atomic mass is 10.1. The first-order chi connectivity index (χ1) is 10.0. The van der Waals surface area contributed by atoms with Gasteiger partial charge in [0.05, 0.1) is 11.0 Å². The number of hydrogen-bond acceptors (Lipinski definition) is 6. The Morgan fingerprint density at radius 3 is 2.90 bits per heavy atom. The van der Waals surface area contributed by atoms with Crippen LogP contribution in [0, 0.1) is 10.1 Å². The van der Waals surface area contributed by atoms with Gasteiger partial charge in [0.15, 0.2) is 0 Å². The molecule has 0 radical (unpaired) electrons. The van der Waals surface area contributed by atoms with Gasteiger partial charge in [-0.15, -0.1) is 11.3 Å². The van der Waals surface area contributed by atoms with E-state index < -0.39 is 10.9 Å². The number of hydrogen-bond donors (Lipinski definition) is 2. The summed E-state index contributed by atoms with van der Waals surface area (Å²) >= 11 is 1.55. The minimum absolute atomic E-state index is 0.0861. The van der Waals surface area contributed by atoms with Gasteiger partial charge in [-0.25, -0.2) is 9.78 Å². The highest BCUT2D eigenvalue weighted by Crippen LogP contribution is 2.28. The topological polar surface area (TPSA) is 105 Å². The van der Waals surface area contributed by atoms with E-state index >= 15 is 0 Å². The lowest BCUT2D eigenvalue weighted by molar-refractivity contribution is -0.385. The van der Waals surface area contributed by atoms with Crippen LogP contribution >= 0.6 is 11.3 Å². The molecule has 1 atom stereocenters. The fraction of sp³-hybridized carbons (Fsp3) is 0.231. The Kier molecular flexibility index (Phi) is 4.49. The highest BCUT2D eigenvalue weighted by Gasteiger charge is 2.20. The third-order valence-corrected chi connectivity index (χ3v) is 3.91. The SMILES string of the molecule is CCC(Nc1ncc([N+](=O)[O-])cc1C(=O)O)c1cccs1. The maximum atomic E-state index is 11.3. The Hall–Kier alpha value is -2.48.